The minimum atomic E-state index is -2.22. The molecule has 1 saturated carbocycles. The highest BCUT2D eigenvalue weighted by Crippen LogP contribution is 2.59. The maximum absolute atomic E-state index is 14.6. The standard InChI is InChI=1S/C34H35FINO5/c1-6-23-26(14-18(3)30-31(23)42-34(35,36)41-30)33(12-13-33)20(5)27(38)11-10-17(2)28-24-16-25(19(24)4)29(37-28)21-8-7-9-22(15-21)32(39)40/h7-9,14-15,17,20H,6,10-13,16H2,1-5H3,(H,39,40)/t17-,20?,34?/m0/s1. The van der Waals surface area contributed by atoms with Crippen LogP contribution in [-0.4, -0.2) is 25.9 Å². The van der Waals surface area contributed by atoms with E-state index in [2.05, 4.69) is 19.9 Å². The first kappa shape index (κ1) is 29.1. The second-order valence-electron chi connectivity index (χ2n) is 12.2. The van der Waals surface area contributed by atoms with Crippen LogP contribution in [0.3, 0.4) is 0 Å². The third-order valence-corrected chi connectivity index (χ3v) is 10.2. The highest BCUT2D eigenvalue weighted by molar-refractivity contribution is 14.1. The van der Waals surface area contributed by atoms with Gasteiger partial charge in [0.1, 0.15) is 5.78 Å². The number of carboxylic acids is 1. The number of alkyl halides is 2. The van der Waals surface area contributed by atoms with Crippen molar-refractivity contribution in [3.63, 3.8) is 0 Å². The molecule has 0 spiro atoms. The minimum absolute atomic E-state index is 0.0843. The summed E-state index contributed by atoms with van der Waals surface area (Å²) in [5, 5.41) is 9.46. The van der Waals surface area contributed by atoms with Crippen molar-refractivity contribution >= 4 is 34.3 Å². The summed E-state index contributed by atoms with van der Waals surface area (Å²) in [6.45, 7) is 10.2. The van der Waals surface area contributed by atoms with Gasteiger partial charge in [0.05, 0.1) is 33.8 Å². The van der Waals surface area contributed by atoms with Crippen molar-refractivity contribution < 1.29 is 28.6 Å². The fourth-order valence-electron chi connectivity index (χ4n) is 6.95. The van der Waals surface area contributed by atoms with Crippen LogP contribution in [-0.2, 0) is 23.1 Å². The van der Waals surface area contributed by atoms with E-state index in [4.69, 9.17) is 14.5 Å². The van der Waals surface area contributed by atoms with E-state index in [1.165, 1.54) is 39.3 Å². The third-order valence-electron chi connectivity index (χ3n) is 9.72. The number of benzene rings is 2. The smallest absolute Gasteiger partial charge is 0.462 e. The summed E-state index contributed by atoms with van der Waals surface area (Å²) in [6, 6.07) is 9.02. The lowest BCUT2D eigenvalue weighted by Gasteiger charge is -2.30. The van der Waals surface area contributed by atoms with Gasteiger partial charge in [0.15, 0.2) is 11.5 Å². The molecule has 6 nitrogen and oxygen atoms in total. The molecule has 7 rings (SSSR count). The van der Waals surface area contributed by atoms with Crippen LogP contribution in [0, 0.1) is 19.8 Å². The van der Waals surface area contributed by atoms with Gasteiger partial charge in [0.25, 0.3) is 0 Å². The first-order chi connectivity index (χ1) is 19.9. The van der Waals surface area contributed by atoms with Crippen molar-refractivity contribution in [1.82, 2.24) is 4.98 Å². The number of hydrogen-bond donors (Lipinski definition) is 1. The Kier molecular flexibility index (Phi) is 7.14. The number of carboxylic acid groups (broad SMARTS) is 1. The van der Waals surface area contributed by atoms with Crippen molar-refractivity contribution in [1.29, 1.82) is 0 Å². The molecule has 3 heterocycles. The predicted molar refractivity (Wildman–Crippen MR) is 167 cm³/mol. The second kappa shape index (κ2) is 10.3. The van der Waals surface area contributed by atoms with Crippen LogP contribution in [0.2, 0.25) is 0 Å². The van der Waals surface area contributed by atoms with Gasteiger partial charge in [-0.1, -0.05) is 39.0 Å². The van der Waals surface area contributed by atoms with Gasteiger partial charge in [-0.3, -0.25) is 9.78 Å². The highest BCUT2D eigenvalue weighted by atomic mass is 127. The summed E-state index contributed by atoms with van der Waals surface area (Å²) >= 11 is 1.53. The Morgan fingerprint density at radius 1 is 1.12 bits per heavy atom. The highest BCUT2D eigenvalue weighted by Gasteiger charge is 2.53. The molecule has 1 aromatic heterocycles. The predicted octanol–water partition coefficient (Wildman–Crippen LogP) is 8.14. The zero-order valence-corrected chi connectivity index (χ0v) is 26.7. The molecular weight excluding hydrogens is 648 g/mol. The Bertz CT molecular complexity index is 1640. The number of Topliss-reactive ketones (excluding diaryl/α,β-unsaturated/α-hetero) is 1. The van der Waals surface area contributed by atoms with Crippen molar-refractivity contribution in [2.24, 2.45) is 5.92 Å². The number of fused-ring (bicyclic) bond motifs is 3. The van der Waals surface area contributed by atoms with Crippen LogP contribution in [0.5, 0.6) is 11.5 Å². The van der Waals surface area contributed by atoms with Crippen LogP contribution < -0.4 is 9.47 Å². The third kappa shape index (κ3) is 4.70. The van der Waals surface area contributed by atoms with E-state index in [1.807, 2.05) is 26.8 Å². The van der Waals surface area contributed by atoms with Crippen LogP contribution in [0.15, 0.2) is 30.3 Å². The number of carbonyl (C=O) groups excluding carboxylic acids is 1. The lowest BCUT2D eigenvalue weighted by atomic mass is 9.75. The molecule has 2 unspecified atom stereocenters. The summed E-state index contributed by atoms with van der Waals surface area (Å²) in [5.41, 5.74) is 9.12. The van der Waals surface area contributed by atoms with Gasteiger partial charge in [-0.2, -0.15) is 0 Å². The maximum atomic E-state index is 14.6. The van der Waals surface area contributed by atoms with E-state index in [1.54, 1.807) is 18.2 Å². The fraction of sp³-hybridized carbons (Fsp3) is 0.441. The normalized spacial score (nSPS) is 20.5. The summed E-state index contributed by atoms with van der Waals surface area (Å²) in [7, 11) is 0. The number of rotatable bonds is 10. The quantitative estimate of drug-likeness (QED) is 0.134. The number of ketones is 1. The minimum Gasteiger partial charge on any atom is -0.478 e. The lowest BCUT2D eigenvalue weighted by Crippen LogP contribution is -2.28. The Morgan fingerprint density at radius 2 is 1.83 bits per heavy atom. The average molecular weight is 684 g/mol. The topological polar surface area (TPSA) is 85.7 Å². The zero-order valence-electron chi connectivity index (χ0n) is 24.6. The molecule has 3 atom stereocenters. The van der Waals surface area contributed by atoms with Gasteiger partial charge in [-0.05, 0) is 85.4 Å². The molecule has 2 aliphatic heterocycles. The summed E-state index contributed by atoms with van der Waals surface area (Å²) in [4.78, 5) is 30.3. The van der Waals surface area contributed by atoms with Gasteiger partial charge in [0.2, 0.25) is 0 Å². The summed E-state index contributed by atoms with van der Waals surface area (Å²) in [5.74, 6) is 0.105. The van der Waals surface area contributed by atoms with E-state index in [0.29, 0.717) is 30.8 Å². The van der Waals surface area contributed by atoms with Gasteiger partial charge in [0, 0.05) is 41.0 Å². The number of nitrogens with zero attached hydrogens (tertiary/aromatic N) is 1. The van der Waals surface area contributed by atoms with Gasteiger partial charge in [-0.25, -0.2) is 4.79 Å². The molecule has 2 aliphatic carbocycles. The molecule has 1 fully saturated rings. The SMILES string of the molecule is CCc1c(C2(C(C)C(=O)CC[C@H](C)c3nc(-c4cccc(C(=O)O)c4)c4c(C)c3C4)CC2)cc(C)c2c1OC(F)(I)O2. The van der Waals surface area contributed by atoms with E-state index in [0.717, 1.165) is 52.9 Å². The van der Waals surface area contributed by atoms with Gasteiger partial charge < -0.3 is 14.6 Å². The summed E-state index contributed by atoms with van der Waals surface area (Å²) in [6.07, 6.45) is 4.45. The van der Waals surface area contributed by atoms with E-state index in [-0.39, 0.29) is 28.6 Å². The van der Waals surface area contributed by atoms with Crippen molar-refractivity contribution in [3.05, 3.63) is 75.0 Å². The largest absolute Gasteiger partial charge is 0.478 e. The van der Waals surface area contributed by atoms with Crippen LogP contribution in [0.4, 0.5) is 4.39 Å². The number of pyridine rings is 1. The number of halogens is 2. The molecule has 2 bridgehead atoms. The van der Waals surface area contributed by atoms with Crippen molar-refractivity contribution in [2.45, 2.75) is 88.5 Å². The van der Waals surface area contributed by atoms with Crippen molar-refractivity contribution in [3.8, 4) is 22.8 Å². The Morgan fingerprint density at radius 3 is 2.48 bits per heavy atom. The number of aromatic nitrogens is 1. The van der Waals surface area contributed by atoms with Crippen LogP contribution in [0.25, 0.3) is 11.3 Å². The number of ether oxygens (including phenoxy) is 2. The molecule has 3 aromatic rings. The molecule has 220 valence electrons. The second-order valence-corrected chi connectivity index (χ2v) is 13.5. The van der Waals surface area contributed by atoms with Crippen LogP contribution >= 0.6 is 22.6 Å². The molecule has 0 amide bonds. The first-order valence-corrected chi connectivity index (χ1v) is 15.8. The number of aromatic carboxylic acids is 1. The number of carbonyl (C=O) groups is 2. The maximum Gasteiger partial charge on any atom is 0.462 e. The fourth-order valence-corrected chi connectivity index (χ4v) is 7.39. The monoisotopic (exact) mass is 683 g/mol. The molecule has 8 heteroatoms. The molecule has 4 aliphatic rings. The van der Waals surface area contributed by atoms with E-state index >= 15 is 0 Å². The Balaban J connectivity index is 1.21. The Labute approximate surface area is 259 Å². The average Bonchev–Trinajstić information content (AvgIpc) is 3.71. The zero-order chi connectivity index (χ0) is 30.1. The van der Waals surface area contributed by atoms with Gasteiger partial charge >= 0.3 is 10.0 Å². The molecule has 0 radical (unpaired) electrons. The van der Waals surface area contributed by atoms with Crippen molar-refractivity contribution in [2.75, 3.05) is 0 Å². The lowest BCUT2D eigenvalue weighted by molar-refractivity contribution is -0.123. The Hall–Kier alpha value is -3.01. The molecule has 2 aromatic carbocycles. The molecule has 1 N–H and O–H groups in total. The first-order valence-electron chi connectivity index (χ1n) is 14.7. The number of hydrogen-bond acceptors (Lipinski definition) is 5. The van der Waals surface area contributed by atoms with E-state index in [9.17, 15) is 19.1 Å². The summed E-state index contributed by atoms with van der Waals surface area (Å²) < 4.78 is 23.5. The van der Waals surface area contributed by atoms with Gasteiger partial charge in [-0.15, -0.1) is 4.39 Å². The van der Waals surface area contributed by atoms with Crippen LogP contribution in [0.1, 0.15) is 102 Å². The number of aryl methyl sites for hydroxylation is 2. The molecule has 42 heavy (non-hydrogen) atoms. The molecular formula is C34H35FINO5. The molecule has 0 saturated heterocycles. The van der Waals surface area contributed by atoms with E-state index < -0.39 is 10.0 Å².